The molecule has 14 heavy (non-hydrogen) atoms. The van der Waals surface area contributed by atoms with Crippen LogP contribution in [0.4, 0.5) is 5.82 Å². The lowest BCUT2D eigenvalue weighted by Crippen LogP contribution is -2.33. The highest BCUT2D eigenvalue weighted by Gasteiger charge is 2.37. The van der Waals surface area contributed by atoms with Gasteiger partial charge in [-0.25, -0.2) is 4.98 Å². The molecule has 1 N–H and O–H groups in total. The summed E-state index contributed by atoms with van der Waals surface area (Å²) in [5, 5.41) is 3.48. The van der Waals surface area contributed by atoms with Crippen LogP contribution in [0, 0.1) is 5.92 Å². The van der Waals surface area contributed by atoms with E-state index in [4.69, 9.17) is 0 Å². The Morgan fingerprint density at radius 3 is 2.71 bits per heavy atom. The van der Waals surface area contributed by atoms with Crippen LogP contribution in [0.2, 0.25) is 0 Å². The zero-order valence-electron chi connectivity index (χ0n) is 8.55. The number of hydrogen-bond donors (Lipinski definition) is 1. The fourth-order valence-corrected chi connectivity index (χ4v) is 2.06. The quantitative estimate of drug-likeness (QED) is 0.837. The van der Waals surface area contributed by atoms with Gasteiger partial charge in [-0.3, -0.25) is 0 Å². The fourth-order valence-electron chi connectivity index (χ4n) is 1.72. The fraction of sp³-hybridized carbons (Fsp3) is 0.545. The third-order valence-electron chi connectivity index (χ3n) is 2.76. The van der Waals surface area contributed by atoms with Crippen molar-refractivity contribution in [3.8, 4) is 0 Å². The van der Waals surface area contributed by atoms with Crippen molar-refractivity contribution in [2.75, 3.05) is 5.32 Å². The van der Waals surface area contributed by atoms with Crippen LogP contribution < -0.4 is 5.32 Å². The molecule has 1 aliphatic carbocycles. The molecular formula is C11H15BrN2. The van der Waals surface area contributed by atoms with Crippen LogP contribution in [0.25, 0.3) is 0 Å². The predicted molar refractivity (Wildman–Crippen MR) is 62.4 cm³/mol. The first-order valence-electron chi connectivity index (χ1n) is 4.99. The van der Waals surface area contributed by atoms with Gasteiger partial charge >= 0.3 is 0 Å². The molecule has 1 fully saturated rings. The Kier molecular flexibility index (Phi) is 2.52. The Labute approximate surface area is 93.3 Å². The van der Waals surface area contributed by atoms with Crippen LogP contribution in [0.3, 0.4) is 0 Å². The van der Waals surface area contributed by atoms with Gasteiger partial charge in [0.25, 0.3) is 0 Å². The minimum Gasteiger partial charge on any atom is -0.365 e. The summed E-state index contributed by atoms with van der Waals surface area (Å²) in [4.78, 5) is 4.37. The second kappa shape index (κ2) is 3.54. The van der Waals surface area contributed by atoms with Crippen molar-refractivity contribution in [2.45, 2.75) is 32.2 Å². The second-order valence-corrected chi connectivity index (χ2v) is 5.28. The van der Waals surface area contributed by atoms with Crippen LogP contribution in [0.5, 0.6) is 0 Å². The van der Waals surface area contributed by atoms with Crippen molar-refractivity contribution < 1.29 is 0 Å². The van der Waals surface area contributed by atoms with E-state index in [1.54, 1.807) is 0 Å². The minimum atomic E-state index is 0.174. The molecular weight excluding hydrogens is 240 g/mol. The lowest BCUT2D eigenvalue weighted by molar-refractivity contribution is 0.492. The standard InChI is InChI=1S/C11H15BrN2/c1-11(2,8-6-7-8)14-10-5-3-4-9(12)13-10/h3-5,8H,6-7H2,1-2H3,(H,13,14). The van der Waals surface area contributed by atoms with Crippen molar-refractivity contribution in [1.29, 1.82) is 0 Å². The smallest absolute Gasteiger partial charge is 0.127 e. The summed E-state index contributed by atoms with van der Waals surface area (Å²) >= 11 is 3.37. The maximum absolute atomic E-state index is 4.37. The number of rotatable bonds is 3. The molecule has 3 heteroatoms. The Hall–Kier alpha value is -0.570. The maximum atomic E-state index is 4.37. The molecule has 1 aromatic heterocycles. The number of nitrogens with zero attached hydrogens (tertiary/aromatic N) is 1. The summed E-state index contributed by atoms with van der Waals surface area (Å²) in [6.45, 7) is 4.49. The molecule has 2 nitrogen and oxygen atoms in total. The number of nitrogens with one attached hydrogen (secondary N) is 1. The van der Waals surface area contributed by atoms with Crippen LogP contribution >= 0.6 is 15.9 Å². The Morgan fingerprint density at radius 2 is 2.14 bits per heavy atom. The van der Waals surface area contributed by atoms with Crippen molar-refractivity contribution in [1.82, 2.24) is 4.98 Å². The van der Waals surface area contributed by atoms with E-state index in [-0.39, 0.29) is 5.54 Å². The van der Waals surface area contributed by atoms with Crippen molar-refractivity contribution >= 4 is 21.7 Å². The summed E-state index contributed by atoms with van der Waals surface area (Å²) in [6, 6.07) is 5.95. The van der Waals surface area contributed by atoms with E-state index in [1.807, 2.05) is 18.2 Å². The van der Waals surface area contributed by atoms with E-state index in [9.17, 15) is 0 Å². The lowest BCUT2D eigenvalue weighted by atomic mass is 9.99. The number of aromatic nitrogens is 1. The monoisotopic (exact) mass is 254 g/mol. The normalized spacial score (nSPS) is 16.8. The minimum absolute atomic E-state index is 0.174. The third-order valence-corrected chi connectivity index (χ3v) is 3.20. The molecule has 2 rings (SSSR count). The molecule has 0 bridgehead atoms. The van der Waals surface area contributed by atoms with E-state index in [2.05, 4.69) is 40.1 Å². The first kappa shape index (κ1) is 9.97. The first-order valence-corrected chi connectivity index (χ1v) is 5.78. The molecule has 1 aliphatic rings. The second-order valence-electron chi connectivity index (χ2n) is 4.47. The van der Waals surface area contributed by atoms with Gasteiger partial charge in [-0.05, 0) is 60.7 Å². The maximum Gasteiger partial charge on any atom is 0.127 e. The van der Waals surface area contributed by atoms with E-state index in [0.717, 1.165) is 16.3 Å². The highest BCUT2D eigenvalue weighted by atomic mass is 79.9. The van der Waals surface area contributed by atoms with E-state index in [1.165, 1.54) is 12.8 Å². The van der Waals surface area contributed by atoms with Gasteiger partial charge in [0.15, 0.2) is 0 Å². The van der Waals surface area contributed by atoms with Crippen LogP contribution in [0.15, 0.2) is 22.8 Å². The molecule has 0 amide bonds. The molecule has 1 aromatic rings. The molecule has 0 unspecified atom stereocenters. The van der Waals surface area contributed by atoms with Gasteiger partial charge in [-0.15, -0.1) is 0 Å². The van der Waals surface area contributed by atoms with Crippen LogP contribution in [0.1, 0.15) is 26.7 Å². The zero-order chi connectivity index (χ0) is 10.2. The Morgan fingerprint density at radius 1 is 1.43 bits per heavy atom. The summed E-state index contributed by atoms with van der Waals surface area (Å²) in [5.74, 6) is 1.76. The first-order chi connectivity index (χ1) is 6.58. The number of hydrogen-bond acceptors (Lipinski definition) is 2. The Bertz CT molecular complexity index is 332. The summed E-state index contributed by atoms with van der Waals surface area (Å²) in [7, 11) is 0. The summed E-state index contributed by atoms with van der Waals surface area (Å²) in [5.41, 5.74) is 0.174. The summed E-state index contributed by atoms with van der Waals surface area (Å²) < 4.78 is 0.883. The highest BCUT2D eigenvalue weighted by molar-refractivity contribution is 9.10. The van der Waals surface area contributed by atoms with Crippen LogP contribution in [-0.4, -0.2) is 10.5 Å². The van der Waals surface area contributed by atoms with Gasteiger partial charge in [-0.1, -0.05) is 6.07 Å². The predicted octanol–water partition coefficient (Wildman–Crippen LogP) is 3.44. The third kappa shape index (κ3) is 2.27. The molecule has 0 atom stereocenters. The van der Waals surface area contributed by atoms with Crippen molar-refractivity contribution in [2.24, 2.45) is 5.92 Å². The molecule has 76 valence electrons. The lowest BCUT2D eigenvalue weighted by Gasteiger charge is -2.26. The molecule has 0 aliphatic heterocycles. The van der Waals surface area contributed by atoms with Gasteiger partial charge in [0.1, 0.15) is 10.4 Å². The molecule has 0 radical (unpaired) electrons. The van der Waals surface area contributed by atoms with E-state index >= 15 is 0 Å². The SMILES string of the molecule is CC(C)(Nc1cccc(Br)n1)C1CC1. The van der Waals surface area contributed by atoms with E-state index in [0.29, 0.717) is 0 Å². The zero-order valence-corrected chi connectivity index (χ0v) is 10.1. The van der Waals surface area contributed by atoms with Gasteiger partial charge in [0.05, 0.1) is 0 Å². The van der Waals surface area contributed by atoms with Gasteiger partial charge in [-0.2, -0.15) is 0 Å². The average Bonchev–Trinajstić information content (AvgIpc) is 2.84. The average molecular weight is 255 g/mol. The van der Waals surface area contributed by atoms with Crippen molar-refractivity contribution in [3.05, 3.63) is 22.8 Å². The number of halogens is 1. The largest absolute Gasteiger partial charge is 0.365 e. The molecule has 0 saturated heterocycles. The van der Waals surface area contributed by atoms with Crippen molar-refractivity contribution in [3.63, 3.8) is 0 Å². The van der Waals surface area contributed by atoms with Crippen LogP contribution in [-0.2, 0) is 0 Å². The van der Waals surface area contributed by atoms with Gasteiger partial charge in [0, 0.05) is 5.54 Å². The topological polar surface area (TPSA) is 24.9 Å². The molecule has 0 aromatic carbocycles. The molecule has 1 heterocycles. The van der Waals surface area contributed by atoms with Gasteiger partial charge in [0.2, 0.25) is 0 Å². The highest BCUT2D eigenvalue weighted by Crippen LogP contribution is 2.40. The Balaban J connectivity index is 2.09. The van der Waals surface area contributed by atoms with Gasteiger partial charge < -0.3 is 5.32 Å². The molecule has 1 saturated carbocycles. The number of pyridine rings is 1. The van der Waals surface area contributed by atoms with E-state index < -0.39 is 0 Å². The summed E-state index contributed by atoms with van der Waals surface area (Å²) in [6.07, 6.45) is 2.68. The number of anilines is 1. The molecule has 0 spiro atoms.